The maximum absolute atomic E-state index is 6.30. The van der Waals surface area contributed by atoms with Gasteiger partial charge in [0.2, 0.25) is 0 Å². The Balaban J connectivity index is 2.70. The number of hydrogen-bond acceptors (Lipinski definition) is 2. The van der Waals surface area contributed by atoms with Gasteiger partial charge in [0, 0.05) is 11.8 Å². The summed E-state index contributed by atoms with van der Waals surface area (Å²) in [5.41, 5.74) is 1.85. The number of aromatic nitrogens is 2. The van der Waals surface area contributed by atoms with Crippen molar-refractivity contribution in [3.05, 3.63) is 28.0 Å². The van der Waals surface area contributed by atoms with Gasteiger partial charge in [0.05, 0.1) is 26.5 Å². The Morgan fingerprint density at radius 3 is 2.50 bits per heavy atom. The highest BCUT2D eigenvalue weighted by Crippen LogP contribution is 2.34. The molecule has 1 aromatic heterocycles. The summed E-state index contributed by atoms with van der Waals surface area (Å²) in [6.07, 6.45) is 3.12. The van der Waals surface area contributed by atoms with E-state index in [0.717, 1.165) is 29.0 Å². The molecule has 110 valence electrons. The molecule has 2 rings (SSSR count). The van der Waals surface area contributed by atoms with Crippen LogP contribution in [0.5, 0.6) is 0 Å². The van der Waals surface area contributed by atoms with Crippen molar-refractivity contribution in [2.45, 2.75) is 31.7 Å². The van der Waals surface area contributed by atoms with Crippen molar-refractivity contribution in [1.29, 1.82) is 0 Å². The molecular weight excluding hydrogens is 335 g/mol. The zero-order valence-electron chi connectivity index (χ0n) is 11.7. The van der Waals surface area contributed by atoms with Crippen LogP contribution in [0.2, 0.25) is 10.0 Å². The third-order valence-corrected chi connectivity index (χ3v) is 4.95. The van der Waals surface area contributed by atoms with Crippen LogP contribution in [0, 0.1) is 0 Å². The average molecular weight is 352 g/mol. The first-order chi connectivity index (χ1) is 9.49. The number of rotatable bonds is 5. The maximum atomic E-state index is 6.30. The molecule has 2 unspecified atom stereocenters. The predicted octanol–water partition coefficient (Wildman–Crippen LogP) is 5.96. The van der Waals surface area contributed by atoms with Crippen LogP contribution in [-0.2, 0) is 0 Å². The number of thioether (sulfide) groups is 1. The normalized spacial score (nSPS) is 14.7. The molecule has 2 atom stereocenters. The third kappa shape index (κ3) is 3.06. The van der Waals surface area contributed by atoms with Crippen LogP contribution in [0.15, 0.2) is 12.1 Å². The fourth-order valence-electron chi connectivity index (χ4n) is 2.34. The molecule has 0 aliphatic heterocycles. The molecule has 2 nitrogen and oxygen atoms in total. The van der Waals surface area contributed by atoms with Crippen LogP contribution in [0.1, 0.15) is 37.5 Å². The van der Waals surface area contributed by atoms with E-state index in [-0.39, 0.29) is 5.38 Å². The first-order valence-electron chi connectivity index (χ1n) is 6.49. The second-order valence-electron chi connectivity index (χ2n) is 4.73. The molecule has 0 N–H and O–H groups in total. The van der Waals surface area contributed by atoms with Gasteiger partial charge in [-0.25, -0.2) is 4.98 Å². The van der Waals surface area contributed by atoms with Gasteiger partial charge in [0.15, 0.2) is 0 Å². The predicted molar refractivity (Wildman–Crippen MR) is 91.7 cm³/mol. The maximum Gasteiger partial charge on any atom is 0.128 e. The van der Waals surface area contributed by atoms with E-state index in [0.29, 0.717) is 16.1 Å². The number of nitrogens with zero attached hydrogens (tertiary/aromatic N) is 2. The Morgan fingerprint density at radius 2 is 1.95 bits per heavy atom. The monoisotopic (exact) mass is 350 g/mol. The van der Waals surface area contributed by atoms with Gasteiger partial charge in [0.1, 0.15) is 5.82 Å². The molecule has 0 fully saturated rings. The highest BCUT2D eigenvalue weighted by Gasteiger charge is 2.21. The Hall–Kier alpha value is -0.0900. The van der Waals surface area contributed by atoms with Crippen LogP contribution in [-0.4, -0.2) is 21.6 Å². The zero-order chi connectivity index (χ0) is 14.9. The number of imidazole rings is 1. The first kappa shape index (κ1) is 16.3. The summed E-state index contributed by atoms with van der Waals surface area (Å²) in [7, 11) is 0. The summed E-state index contributed by atoms with van der Waals surface area (Å²) in [6, 6.07) is 4.05. The van der Waals surface area contributed by atoms with Crippen LogP contribution < -0.4 is 0 Å². The van der Waals surface area contributed by atoms with Gasteiger partial charge in [-0.15, -0.1) is 11.6 Å². The minimum atomic E-state index is -0.157. The molecule has 0 aliphatic carbocycles. The van der Waals surface area contributed by atoms with Gasteiger partial charge in [0.25, 0.3) is 0 Å². The summed E-state index contributed by atoms with van der Waals surface area (Å²) in [6.45, 7) is 4.11. The highest BCUT2D eigenvalue weighted by molar-refractivity contribution is 7.98. The number of hydrogen-bond donors (Lipinski definition) is 0. The minimum Gasteiger partial charge on any atom is -0.323 e. The lowest BCUT2D eigenvalue weighted by Gasteiger charge is -2.20. The molecule has 6 heteroatoms. The largest absolute Gasteiger partial charge is 0.323 e. The molecule has 1 aromatic carbocycles. The van der Waals surface area contributed by atoms with Crippen LogP contribution in [0.4, 0.5) is 0 Å². The number of benzene rings is 1. The molecular formula is C14H17Cl3N2S. The van der Waals surface area contributed by atoms with Gasteiger partial charge in [-0.05, 0) is 31.7 Å². The summed E-state index contributed by atoms with van der Waals surface area (Å²) in [4.78, 5) is 4.64. The smallest absolute Gasteiger partial charge is 0.128 e. The van der Waals surface area contributed by atoms with E-state index in [9.17, 15) is 0 Å². The van der Waals surface area contributed by atoms with Crippen LogP contribution >= 0.6 is 46.6 Å². The Morgan fingerprint density at radius 1 is 1.30 bits per heavy atom. The van der Waals surface area contributed by atoms with Crippen molar-refractivity contribution in [1.82, 2.24) is 9.55 Å². The third-order valence-electron chi connectivity index (χ3n) is 3.31. The first-order valence-corrected chi connectivity index (χ1v) is 9.08. The van der Waals surface area contributed by atoms with Crippen molar-refractivity contribution >= 4 is 57.6 Å². The molecule has 0 spiro atoms. The van der Waals surface area contributed by atoms with E-state index in [4.69, 9.17) is 34.8 Å². The lowest BCUT2D eigenvalue weighted by atomic mass is 10.2. The fourth-order valence-corrected chi connectivity index (χ4v) is 3.58. The van der Waals surface area contributed by atoms with Gasteiger partial charge in [-0.1, -0.05) is 30.1 Å². The average Bonchev–Trinajstić information content (AvgIpc) is 2.75. The molecule has 0 saturated carbocycles. The molecule has 0 amide bonds. The van der Waals surface area contributed by atoms with Crippen LogP contribution in [0.25, 0.3) is 11.0 Å². The molecule has 20 heavy (non-hydrogen) atoms. The molecule has 0 saturated heterocycles. The standard InChI is InChI=1S/C14H17Cl3N2S/c1-4-9(7-20-3)19-13-6-11(17)10(16)5-12(13)18-14(19)8(2)15/h5-6,8-9H,4,7H2,1-3H3. The fraction of sp³-hybridized carbons (Fsp3) is 0.500. The summed E-state index contributed by atoms with van der Waals surface area (Å²) in [5, 5.41) is 0.916. The molecule has 0 radical (unpaired) electrons. The highest BCUT2D eigenvalue weighted by atomic mass is 35.5. The van der Waals surface area contributed by atoms with E-state index in [1.165, 1.54) is 0 Å². The van der Waals surface area contributed by atoms with Crippen molar-refractivity contribution < 1.29 is 0 Å². The second-order valence-corrected chi connectivity index (χ2v) is 7.11. The summed E-state index contributed by atoms with van der Waals surface area (Å²) in [5.74, 6) is 1.89. The van der Waals surface area contributed by atoms with E-state index < -0.39 is 0 Å². The van der Waals surface area contributed by atoms with Crippen molar-refractivity contribution in [2.24, 2.45) is 0 Å². The van der Waals surface area contributed by atoms with E-state index in [2.05, 4.69) is 22.7 Å². The molecule has 0 aliphatic rings. The SMILES string of the molecule is CCC(CSC)n1c(C(C)Cl)nc2cc(Cl)c(Cl)cc21. The zero-order valence-corrected chi connectivity index (χ0v) is 14.7. The van der Waals surface area contributed by atoms with E-state index >= 15 is 0 Å². The molecule has 0 bridgehead atoms. The van der Waals surface area contributed by atoms with Crippen molar-refractivity contribution in [3.8, 4) is 0 Å². The lowest BCUT2D eigenvalue weighted by Crippen LogP contribution is -2.14. The Labute approximate surface area is 138 Å². The molecule has 1 heterocycles. The topological polar surface area (TPSA) is 17.8 Å². The van der Waals surface area contributed by atoms with E-state index in [1.807, 2.05) is 30.8 Å². The van der Waals surface area contributed by atoms with Gasteiger partial charge in [-0.3, -0.25) is 0 Å². The lowest BCUT2D eigenvalue weighted by molar-refractivity contribution is 0.530. The minimum absolute atomic E-state index is 0.157. The van der Waals surface area contributed by atoms with Crippen molar-refractivity contribution in [3.63, 3.8) is 0 Å². The van der Waals surface area contributed by atoms with Gasteiger partial charge in [-0.2, -0.15) is 11.8 Å². The Bertz CT molecular complexity index is 610. The number of halogens is 3. The second kappa shape index (κ2) is 6.78. The Kier molecular flexibility index (Phi) is 5.52. The molecule has 2 aromatic rings. The van der Waals surface area contributed by atoms with Gasteiger partial charge < -0.3 is 4.57 Å². The van der Waals surface area contributed by atoms with Crippen LogP contribution in [0.3, 0.4) is 0 Å². The van der Waals surface area contributed by atoms with Crippen molar-refractivity contribution in [2.75, 3.05) is 12.0 Å². The number of alkyl halides is 1. The van der Waals surface area contributed by atoms with Gasteiger partial charge >= 0.3 is 0 Å². The summed E-state index contributed by atoms with van der Waals surface area (Å²) >= 11 is 20.4. The number of fused-ring (bicyclic) bond motifs is 1. The quantitative estimate of drug-likeness (QED) is 0.619. The van der Waals surface area contributed by atoms with E-state index in [1.54, 1.807) is 0 Å². The summed E-state index contributed by atoms with van der Waals surface area (Å²) < 4.78 is 2.21.